The van der Waals surface area contributed by atoms with Crippen LogP contribution in [0.2, 0.25) is 0 Å². The Bertz CT molecular complexity index is 572. The number of thioether (sulfide) groups is 1. The van der Waals surface area contributed by atoms with Crippen LogP contribution < -0.4 is 16.8 Å². The standard InChI is InChI=1S/C12H14N6OS/c13-8-7-9(14)17-12(16-8)20-6-4-11(19)18-10-3-1-2-5-15-10/h1-3,5,7H,4,6H2,(H,15,18,19)(H4,13,14,16,17). The van der Waals surface area contributed by atoms with Crippen molar-refractivity contribution in [1.82, 2.24) is 15.0 Å². The maximum absolute atomic E-state index is 11.7. The molecular weight excluding hydrogens is 276 g/mol. The van der Waals surface area contributed by atoms with Gasteiger partial charge in [-0.25, -0.2) is 15.0 Å². The lowest BCUT2D eigenvalue weighted by Gasteiger charge is -2.04. The Morgan fingerprint density at radius 1 is 1.25 bits per heavy atom. The lowest BCUT2D eigenvalue weighted by Crippen LogP contribution is -2.13. The highest BCUT2D eigenvalue weighted by atomic mass is 32.2. The molecular formula is C12H14N6OS. The van der Waals surface area contributed by atoms with Gasteiger partial charge in [-0.1, -0.05) is 17.8 Å². The monoisotopic (exact) mass is 290 g/mol. The molecule has 0 atom stereocenters. The zero-order valence-corrected chi connectivity index (χ0v) is 11.4. The Morgan fingerprint density at radius 3 is 2.65 bits per heavy atom. The molecule has 0 bridgehead atoms. The Kier molecular flexibility index (Phi) is 4.72. The first-order valence-corrected chi connectivity index (χ1v) is 6.86. The fraction of sp³-hybridized carbons (Fsp3) is 0.167. The van der Waals surface area contributed by atoms with Gasteiger partial charge >= 0.3 is 0 Å². The molecule has 2 aromatic rings. The summed E-state index contributed by atoms with van der Waals surface area (Å²) in [4.78, 5) is 23.7. The van der Waals surface area contributed by atoms with E-state index in [2.05, 4.69) is 20.3 Å². The molecule has 1 amide bonds. The number of carbonyl (C=O) groups excluding carboxylic acids is 1. The van der Waals surface area contributed by atoms with E-state index in [0.717, 1.165) is 0 Å². The van der Waals surface area contributed by atoms with Crippen LogP contribution in [0.15, 0.2) is 35.6 Å². The lowest BCUT2D eigenvalue weighted by atomic mass is 10.4. The number of hydrogen-bond acceptors (Lipinski definition) is 7. The third-order valence-corrected chi connectivity index (χ3v) is 3.09. The Hall–Kier alpha value is -2.35. The van der Waals surface area contributed by atoms with E-state index < -0.39 is 0 Å². The molecule has 7 nitrogen and oxygen atoms in total. The fourth-order valence-electron chi connectivity index (χ4n) is 1.40. The molecule has 0 saturated carbocycles. The van der Waals surface area contributed by atoms with E-state index in [0.29, 0.717) is 34.8 Å². The van der Waals surface area contributed by atoms with Crippen LogP contribution in [0.1, 0.15) is 6.42 Å². The molecule has 8 heteroatoms. The second-order valence-corrected chi connectivity index (χ2v) is 4.92. The Balaban J connectivity index is 1.79. The van der Waals surface area contributed by atoms with Crippen molar-refractivity contribution in [2.45, 2.75) is 11.6 Å². The van der Waals surface area contributed by atoms with Crippen LogP contribution in [0.25, 0.3) is 0 Å². The average Bonchev–Trinajstić information content (AvgIpc) is 2.38. The summed E-state index contributed by atoms with van der Waals surface area (Å²) in [5.74, 6) is 1.58. The van der Waals surface area contributed by atoms with Gasteiger partial charge in [-0.15, -0.1) is 0 Å². The summed E-state index contributed by atoms with van der Waals surface area (Å²) in [6.07, 6.45) is 1.94. The van der Waals surface area contributed by atoms with Crippen molar-refractivity contribution in [2.24, 2.45) is 0 Å². The molecule has 0 radical (unpaired) electrons. The third-order valence-electron chi connectivity index (χ3n) is 2.24. The van der Waals surface area contributed by atoms with Crippen LogP contribution in [0.4, 0.5) is 17.5 Å². The smallest absolute Gasteiger partial charge is 0.226 e. The van der Waals surface area contributed by atoms with E-state index in [1.807, 2.05) is 0 Å². The highest BCUT2D eigenvalue weighted by Gasteiger charge is 2.06. The summed E-state index contributed by atoms with van der Waals surface area (Å²) in [6.45, 7) is 0. The Morgan fingerprint density at radius 2 is 2.00 bits per heavy atom. The number of aromatic nitrogens is 3. The quantitative estimate of drug-likeness (QED) is 0.558. The van der Waals surface area contributed by atoms with Gasteiger partial charge in [0.15, 0.2) is 5.16 Å². The summed E-state index contributed by atoms with van der Waals surface area (Å²) in [5.41, 5.74) is 11.1. The normalized spacial score (nSPS) is 10.2. The van der Waals surface area contributed by atoms with Gasteiger partial charge in [0.25, 0.3) is 0 Å². The second kappa shape index (κ2) is 6.71. The van der Waals surface area contributed by atoms with E-state index in [1.165, 1.54) is 17.8 Å². The molecule has 104 valence electrons. The van der Waals surface area contributed by atoms with Gasteiger partial charge in [0.05, 0.1) is 0 Å². The molecule has 2 aromatic heterocycles. The average molecular weight is 290 g/mol. The van der Waals surface area contributed by atoms with Crippen molar-refractivity contribution in [3.05, 3.63) is 30.5 Å². The van der Waals surface area contributed by atoms with E-state index in [4.69, 9.17) is 11.5 Å². The molecule has 2 rings (SSSR count). The van der Waals surface area contributed by atoms with Crippen LogP contribution >= 0.6 is 11.8 Å². The number of nitrogen functional groups attached to an aromatic ring is 2. The zero-order valence-electron chi connectivity index (χ0n) is 10.6. The minimum Gasteiger partial charge on any atom is -0.383 e. The minimum absolute atomic E-state index is 0.118. The summed E-state index contributed by atoms with van der Waals surface area (Å²) in [7, 11) is 0. The highest BCUT2D eigenvalue weighted by Crippen LogP contribution is 2.17. The largest absolute Gasteiger partial charge is 0.383 e. The number of rotatable bonds is 5. The summed E-state index contributed by atoms with van der Waals surface area (Å²) in [5, 5.41) is 3.16. The molecule has 5 N–H and O–H groups in total. The van der Waals surface area contributed by atoms with Gasteiger partial charge in [0.1, 0.15) is 17.5 Å². The number of amides is 1. The zero-order chi connectivity index (χ0) is 14.4. The number of pyridine rings is 1. The van der Waals surface area contributed by atoms with Gasteiger partial charge in [-0.3, -0.25) is 4.79 Å². The number of nitrogens with two attached hydrogens (primary N) is 2. The van der Waals surface area contributed by atoms with E-state index in [9.17, 15) is 4.79 Å². The van der Waals surface area contributed by atoms with Crippen LogP contribution in [0.3, 0.4) is 0 Å². The van der Waals surface area contributed by atoms with Gasteiger partial charge in [-0.05, 0) is 12.1 Å². The van der Waals surface area contributed by atoms with Crippen LogP contribution in [0.5, 0.6) is 0 Å². The predicted octanol–water partition coefficient (Wildman–Crippen LogP) is 1.16. The molecule has 0 aliphatic carbocycles. The summed E-state index contributed by atoms with van der Waals surface area (Å²) >= 11 is 1.32. The predicted molar refractivity (Wildman–Crippen MR) is 79.1 cm³/mol. The lowest BCUT2D eigenvalue weighted by molar-refractivity contribution is -0.115. The van der Waals surface area contributed by atoms with Gasteiger partial charge in [0, 0.05) is 24.4 Å². The summed E-state index contributed by atoms with van der Waals surface area (Å²) < 4.78 is 0. The number of nitrogens with one attached hydrogen (secondary N) is 1. The van der Waals surface area contributed by atoms with E-state index >= 15 is 0 Å². The van der Waals surface area contributed by atoms with Gasteiger partial charge in [-0.2, -0.15) is 0 Å². The van der Waals surface area contributed by atoms with Crippen LogP contribution in [0, 0.1) is 0 Å². The molecule has 2 heterocycles. The van der Waals surface area contributed by atoms with E-state index in [-0.39, 0.29) is 5.91 Å². The number of carbonyl (C=O) groups is 1. The van der Waals surface area contributed by atoms with Crippen molar-refractivity contribution >= 4 is 35.1 Å². The first kappa shape index (κ1) is 14.1. The number of hydrogen-bond donors (Lipinski definition) is 3. The maximum Gasteiger partial charge on any atom is 0.226 e. The first-order chi connectivity index (χ1) is 9.63. The molecule has 0 aromatic carbocycles. The number of anilines is 3. The van der Waals surface area contributed by atoms with Gasteiger partial charge < -0.3 is 16.8 Å². The maximum atomic E-state index is 11.7. The molecule has 0 saturated heterocycles. The Labute approximate surface area is 120 Å². The molecule has 0 spiro atoms. The first-order valence-electron chi connectivity index (χ1n) is 5.87. The number of nitrogens with zero attached hydrogens (tertiary/aromatic N) is 3. The SMILES string of the molecule is Nc1cc(N)nc(SCCC(=O)Nc2ccccn2)n1. The highest BCUT2D eigenvalue weighted by molar-refractivity contribution is 7.99. The third kappa shape index (κ3) is 4.39. The minimum atomic E-state index is -0.118. The van der Waals surface area contributed by atoms with Crippen LogP contribution in [-0.4, -0.2) is 26.6 Å². The topological polar surface area (TPSA) is 120 Å². The van der Waals surface area contributed by atoms with Crippen molar-refractivity contribution in [3.8, 4) is 0 Å². The van der Waals surface area contributed by atoms with Gasteiger partial charge in [0.2, 0.25) is 5.91 Å². The van der Waals surface area contributed by atoms with Crippen molar-refractivity contribution < 1.29 is 4.79 Å². The molecule has 0 fully saturated rings. The molecule has 20 heavy (non-hydrogen) atoms. The molecule has 0 aliphatic heterocycles. The van der Waals surface area contributed by atoms with Crippen molar-refractivity contribution in [1.29, 1.82) is 0 Å². The second-order valence-electron chi connectivity index (χ2n) is 3.86. The van der Waals surface area contributed by atoms with Crippen molar-refractivity contribution in [3.63, 3.8) is 0 Å². The fourth-order valence-corrected chi connectivity index (χ4v) is 2.21. The van der Waals surface area contributed by atoms with Crippen molar-refractivity contribution in [2.75, 3.05) is 22.5 Å². The molecule has 0 aliphatic rings. The summed E-state index contributed by atoms with van der Waals surface area (Å²) in [6, 6.07) is 6.80. The van der Waals surface area contributed by atoms with E-state index in [1.54, 1.807) is 24.4 Å². The molecule has 0 unspecified atom stereocenters. The van der Waals surface area contributed by atoms with Crippen LogP contribution in [-0.2, 0) is 4.79 Å².